The zero-order valence-electron chi connectivity index (χ0n) is 13.7. The summed E-state index contributed by atoms with van der Waals surface area (Å²) < 4.78 is 6.34. The van der Waals surface area contributed by atoms with Crippen LogP contribution in [0.15, 0.2) is 30.5 Å². The van der Waals surface area contributed by atoms with Gasteiger partial charge in [-0.2, -0.15) is 0 Å². The number of halogens is 1. The highest BCUT2D eigenvalue weighted by molar-refractivity contribution is 7.80. The van der Waals surface area contributed by atoms with Gasteiger partial charge in [-0.3, -0.25) is 4.98 Å². The van der Waals surface area contributed by atoms with Crippen molar-refractivity contribution in [2.75, 3.05) is 34.2 Å². The predicted octanol–water partition coefficient (Wildman–Crippen LogP) is 2.98. The molecule has 1 aliphatic rings. The van der Waals surface area contributed by atoms with Crippen molar-refractivity contribution in [1.82, 2.24) is 14.8 Å². The maximum Gasteiger partial charge on any atom is 0.156 e. The summed E-state index contributed by atoms with van der Waals surface area (Å²) in [6.45, 7) is 1.79. The van der Waals surface area contributed by atoms with Crippen molar-refractivity contribution in [3.8, 4) is 5.75 Å². The molecular formula is C17H22ClN3OS. The van der Waals surface area contributed by atoms with Gasteiger partial charge in [0.2, 0.25) is 0 Å². The van der Waals surface area contributed by atoms with Crippen LogP contribution in [0.4, 0.5) is 0 Å². The molecule has 1 aliphatic heterocycles. The van der Waals surface area contributed by atoms with Gasteiger partial charge >= 0.3 is 0 Å². The third kappa shape index (κ3) is 3.74. The second kappa shape index (κ2) is 7.43. The molecule has 0 bridgehead atoms. The molecule has 3 rings (SSSR count). The number of hydrogen-bond donors (Lipinski definition) is 0. The maximum atomic E-state index is 6.34. The second-order valence-electron chi connectivity index (χ2n) is 6.03. The molecule has 124 valence electrons. The summed E-state index contributed by atoms with van der Waals surface area (Å²) in [6.07, 6.45) is 2.88. The average molecular weight is 352 g/mol. The van der Waals surface area contributed by atoms with Gasteiger partial charge in [0.15, 0.2) is 5.75 Å². The van der Waals surface area contributed by atoms with Crippen molar-refractivity contribution in [2.24, 2.45) is 0 Å². The summed E-state index contributed by atoms with van der Waals surface area (Å²) >= 11 is 5.63. The third-order valence-electron chi connectivity index (χ3n) is 3.97. The minimum absolute atomic E-state index is 0. The first kappa shape index (κ1) is 17.9. The molecule has 4 nitrogen and oxygen atoms in total. The van der Waals surface area contributed by atoms with Crippen LogP contribution in [0.25, 0.3) is 10.9 Å². The van der Waals surface area contributed by atoms with Crippen molar-refractivity contribution in [3.63, 3.8) is 0 Å². The lowest BCUT2D eigenvalue weighted by atomic mass is 10.1. The first-order valence-electron chi connectivity index (χ1n) is 7.51. The Labute approximate surface area is 148 Å². The number of ether oxygens (including phenoxy) is 1. The topological polar surface area (TPSA) is 28.6 Å². The molecule has 0 spiro atoms. The number of aromatic nitrogens is 1. The predicted molar refractivity (Wildman–Crippen MR) is 101 cm³/mol. The number of hydrogen-bond acceptors (Lipinski definition) is 4. The molecule has 1 unspecified atom stereocenters. The van der Waals surface area contributed by atoms with Crippen LogP contribution >= 0.6 is 24.6 Å². The SMILES string of the molecule is CN(C)CCC1CN(C)C(=S)c2ccc3cccnc3c2O1.Cl. The van der Waals surface area contributed by atoms with Gasteiger partial charge in [0, 0.05) is 25.2 Å². The molecule has 23 heavy (non-hydrogen) atoms. The molecule has 0 fully saturated rings. The van der Waals surface area contributed by atoms with Crippen molar-refractivity contribution >= 4 is 40.5 Å². The number of likely N-dealkylation sites (N-methyl/N-ethyl adjacent to an activating group) is 1. The van der Waals surface area contributed by atoms with E-state index in [0.717, 1.165) is 46.7 Å². The second-order valence-corrected chi connectivity index (χ2v) is 6.42. The molecule has 0 aliphatic carbocycles. The first-order valence-corrected chi connectivity index (χ1v) is 7.91. The Balaban J connectivity index is 0.00000192. The summed E-state index contributed by atoms with van der Waals surface area (Å²) in [4.78, 5) is 9.62. The molecule has 6 heteroatoms. The first-order chi connectivity index (χ1) is 10.6. The van der Waals surface area contributed by atoms with E-state index in [2.05, 4.69) is 41.0 Å². The quantitative estimate of drug-likeness (QED) is 0.793. The molecule has 0 amide bonds. The highest BCUT2D eigenvalue weighted by Crippen LogP contribution is 2.32. The summed E-state index contributed by atoms with van der Waals surface area (Å²) in [6, 6.07) is 8.11. The van der Waals surface area contributed by atoms with Crippen LogP contribution in [-0.4, -0.2) is 60.1 Å². The Morgan fingerprint density at radius 1 is 1.35 bits per heavy atom. The van der Waals surface area contributed by atoms with Crippen LogP contribution in [-0.2, 0) is 0 Å². The monoisotopic (exact) mass is 351 g/mol. The van der Waals surface area contributed by atoms with Gasteiger partial charge in [-0.05, 0) is 32.6 Å². The van der Waals surface area contributed by atoms with Gasteiger partial charge in [0.05, 0.1) is 12.1 Å². The fourth-order valence-electron chi connectivity index (χ4n) is 2.76. The van der Waals surface area contributed by atoms with E-state index in [4.69, 9.17) is 17.0 Å². The molecule has 0 N–H and O–H groups in total. The third-order valence-corrected chi connectivity index (χ3v) is 4.50. The molecule has 0 saturated heterocycles. The highest BCUT2D eigenvalue weighted by Gasteiger charge is 2.26. The zero-order valence-corrected chi connectivity index (χ0v) is 15.3. The van der Waals surface area contributed by atoms with Crippen molar-refractivity contribution in [1.29, 1.82) is 0 Å². The van der Waals surface area contributed by atoms with E-state index in [-0.39, 0.29) is 18.5 Å². The lowest BCUT2D eigenvalue weighted by molar-refractivity contribution is 0.161. The Bertz CT molecular complexity index is 707. The molecule has 1 atom stereocenters. The fraction of sp³-hybridized carbons (Fsp3) is 0.412. The summed E-state index contributed by atoms with van der Waals surface area (Å²) in [7, 11) is 6.19. The van der Waals surface area contributed by atoms with Crippen LogP contribution < -0.4 is 4.74 Å². The molecule has 2 aromatic rings. The zero-order chi connectivity index (χ0) is 15.7. The Kier molecular flexibility index (Phi) is 5.79. The standard InChI is InChI=1S/C17H21N3OS.ClH/c1-19(2)10-8-13-11-20(3)17(22)14-7-6-12-5-4-9-18-15(12)16(14)21-13;/h4-7,9,13H,8,10-11H2,1-3H3;1H. The lowest BCUT2D eigenvalue weighted by Gasteiger charge is -2.23. The minimum atomic E-state index is 0. The minimum Gasteiger partial charge on any atom is -0.485 e. The van der Waals surface area contributed by atoms with E-state index in [1.165, 1.54) is 0 Å². The van der Waals surface area contributed by atoms with E-state index in [1.807, 2.05) is 19.2 Å². The number of thiocarbonyl (C=S) groups is 1. The molecular weight excluding hydrogens is 330 g/mol. The van der Waals surface area contributed by atoms with Crippen molar-refractivity contribution in [3.05, 3.63) is 36.0 Å². The Morgan fingerprint density at radius 2 is 2.13 bits per heavy atom. The summed E-state index contributed by atoms with van der Waals surface area (Å²) in [5.41, 5.74) is 1.86. The summed E-state index contributed by atoms with van der Waals surface area (Å²) in [5, 5.41) is 1.08. The molecule has 1 aromatic carbocycles. The van der Waals surface area contributed by atoms with Crippen LogP contribution in [0, 0.1) is 0 Å². The summed E-state index contributed by atoms with van der Waals surface area (Å²) in [5.74, 6) is 0.830. The number of rotatable bonds is 3. The van der Waals surface area contributed by atoms with Gasteiger partial charge in [-0.25, -0.2) is 0 Å². The van der Waals surface area contributed by atoms with Crippen molar-refractivity contribution < 1.29 is 4.74 Å². The molecule has 1 aromatic heterocycles. The molecule has 2 heterocycles. The van der Waals surface area contributed by atoms with Crippen molar-refractivity contribution in [2.45, 2.75) is 12.5 Å². The largest absolute Gasteiger partial charge is 0.485 e. The van der Waals surface area contributed by atoms with Gasteiger partial charge < -0.3 is 14.5 Å². The lowest BCUT2D eigenvalue weighted by Crippen LogP contribution is -2.35. The number of nitrogens with zero attached hydrogens (tertiary/aromatic N) is 3. The smallest absolute Gasteiger partial charge is 0.156 e. The van der Waals surface area contributed by atoms with E-state index in [0.29, 0.717) is 0 Å². The molecule has 0 radical (unpaired) electrons. The Morgan fingerprint density at radius 3 is 2.87 bits per heavy atom. The maximum absolute atomic E-state index is 6.34. The van der Waals surface area contributed by atoms with Gasteiger partial charge in [0.1, 0.15) is 16.6 Å². The normalized spacial score (nSPS) is 17.5. The fourth-order valence-corrected chi connectivity index (χ4v) is 2.99. The van der Waals surface area contributed by atoms with E-state index in [9.17, 15) is 0 Å². The van der Waals surface area contributed by atoms with Crippen LogP contribution in [0.3, 0.4) is 0 Å². The van der Waals surface area contributed by atoms with Gasteiger partial charge in [0.25, 0.3) is 0 Å². The number of benzene rings is 1. The highest BCUT2D eigenvalue weighted by atomic mass is 35.5. The number of pyridine rings is 1. The van der Waals surface area contributed by atoms with E-state index >= 15 is 0 Å². The average Bonchev–Trinajstić information content (AvgIpc) is 2.63. The van der Waals surface area contributed by atoms with E-state index in [1.54, 1.807) is 6.20 Å². The van der Waals surface area contributed by atoms with Gasteiger partial charge in [-0.15, -0.1) is 12.4 Å². The Hall–Kier alpha value is -1.43. The number of fused-ring (bicyclic) bond motifs is 3. The van der Waals surface area contributed by atoms with Crippen LogP contribution in [0.2, 0.25) is 0 Å². The van der Waals surface area contributed by atoms with Crippen LogP contribution in [0.1, 0.15) is 12.0 Å². The van der Waals surface area contributed by atoms with E-state index < -0.39 is 0 Å². The van der Waals surface area contributed by atoms with Gasteiger partial charge in [-0.1, -0.05) is 24.4 Å². The van der Waals surface area contributed by atoms with Crippen LogP contribution in [0.5, 0.6) is 5.75 Å². The molecule has 0 saturated carbocycles.